The maximum Gasteiger partial charge on any atom is 0.573 e. The van der Waals surface area contributed by atoms with Crippen molar-refractivity contribution < 1.29 is 23.0 Å². The van der Waals surface area contributed by atoms with E-state index < -0.39 is 12.5 Å². The second-order valence-electron chi connectivity index (χ2n) is 5.62. The van der Waals surface area contributed by atoms with E-state index in [1.165, 1.54) is 23.3 Å². The standard InChI is InChI=1S/C17H14BrF3O2/c1-9-6-15(23-17(19,20)21)14(18)8-13(9)16(22)12-5-3-10-2-4-11(10)7-12/h3,5-8,16,22H,2,4H2,1H3. The third kappa shape index (κ3) is 3.38. The Morgan fingerprint density at radius 1 is 1.13 bits per heavy atom. The van der Waals surface area contributed by atoms with Crippen molar-refractivity contribution in [2.45, 2.75) is 32.2 Å². The van der Waals surface area contributed by atoms with Crippen molar-refractivity contribution in [1.29, 1.82) is 0 Å². The van der Waals surface area contributed by atoms with Crippen LogP contribution >= 0.6 is 15.9 Å². The van der Waals surface area contributed by atoms with Gasteiger partial charge in [-0.15, -0.1) is 13.2 Å². The summed E-state index contributed by atoms with van der Waals surface area (Å²) in [5, 5.41) is 10.6. The van der Waals surface area contributed by atoms with Crippen molar-refractivity contribution in [1.82, 2.24) is 0 Å². The first kappa shape index (κ1) is 16.3. The smallest absolute Gasteiger partial charge is 0.405 e. The molecule has 0 aromatic heterocycles. The number of aliphatic hydroxyl groups excluding tert-OH is 1. The summed E-state index contributed by atoms with van der Waals surface area (Å²) in [5.74, 6) is -0.317. The molecular formula is C17H14BrF3O2. The number of ether oxygens (including phenoxy) is 1. The highest BCUT2D eigenvalue weighted by Gasteiger charge is 2.32. The van der Waals surface area contributed by atoms with Crippen LogP contribution in [0, 0.1) is 6.92 Å². The van der Waals surface area contributed by atoms with Crippen LogP contribution in [0.4, 0.5) is 13.2 Å². The van der Waals surface area contributed by atoms with Gasteiger partial charge in [0.1, 0.15) is 11.9 Å². The van der Waals surface area contributed by atoms with E-state index in [9.17, 15) is 18.3 Å². The highest BCUT2D eigenvalue weighted by Crippen LogP contribution is 2.37. The summed E-state index contributed by atoms with van der Waals surface area (Å²) in [7, 11) is 0. The van der Waals surface area contributed by atoms with E-state index in [2.05, 4.69) is 20.7 Å². The second-order valence-corrected chi connectivity index (χ2v) is 6.47. The molecule has 0 heterocycles. The molecule has 0 bridgehead atoms. The Labute approximate surface area is 140 Å². The summed E-state index contributed by atoms with van der Waals surface area (Å²) in [6.07, 6.45) is -3.59. The first-order valence-corrected chi connectivity index (χ1v) is 7.89. The van der Waals surface area contributed by atoms with Gasteiger partial charge in [0.25, 0.3) is 0 Å². The number of hydrogen-bond acceptors (Lipinski definition) is 2. The van der Waals surface area contributed by atoms with Gasteiger partial charge in [-0.3, -0.25) is 0 Å². The first-order chi connectivity index (χ1) is 10.7. The van der Waals surface area contributed by atoms with Crippen LogP contribution in [0.1, 0.15) is 33.9 Å². The summed E-state index contributed by atoms with van der Waals surface area (Å²) in [4.78, 5) is 0. The molecule has 1 N–H and O–H groups in total. The number of hydrogen-bond donors (Lipinski definition) is 1. The molecule has 0 aliphatic heterocycles. The third-order valence-electron chi connectivity index (χ3n) is 4.05. The minimum absolute atomic E-state index is 0.151. The Balaban J connectivity index is 1.92. The summed E-state index contributed by atoms with van der Waals surface area (Å²) in [5.41, 5.74) is 4.32. The molecule has 2 aromatic rings. The minimum Gasteiger partial charge on any atom is -0.405 e. The van der Waals surface area contributed by atoms with Crippen molar-refractivity contribution >= 4 is 15.9 Å². The van der Waals surface area contributed by atoms with Crippen molar-refractivity contribution in [2.75, 3.05) is 0 Å². The number of rotatable bonds is 3. The van der Waals surface area contributed by atoms with E-state index in [0.29, 0.717) is 11.1 Å². The van der Waals surface area contributed by atoms with Crippen LogP contribution in [0.3, 0.4) is 0 Å². The van der Waals surface area contributed by atoms with Crippen LogP contribution in [0.2, 0.25) is 0 Å². The van der Waals surface area contributed by atoms with Gasteiger partial charge in [0.2, 0.25) is 0 Å². The van der Waals surface area contributed by atoms with Crippen molar-refractivity contribution in [3.63, 3.8) is 0 Å². The first-order valence-electron chi connectivity index (χ1n) is 7.10. The Morgan fingerprint density at radius 2 is 1.83 bits per heavy atom. The van der Waals surface area contributed by atoms with E-state index in [1.54, 1.807) is 6.92 Å². The number of aryl methyl sites for hydroxylation is 3. The SMILES string of the molecule is Cc1cc(OC(F)(F)F)c(Br)cc1C(O)c1ccc2c(c1)CC2. The molecule has 0 amide bonds. The molecule has 0 saturated heterocycles. The Bertz CT molecular complexity index is 756. The maximum absolute atomic E-state index is 12.4. The maximum atomic E-state index is 12.4. The fourth-order valence-corrected chi connectivity index (χ4v) is 3.17. The largest absolute Gasteiger partial charge is 0.573 e. The molecule has 1 atom stereocenters. The molecule has 3 rings (SSSR count). The lowest BCUT2D eigenvalue weighted by molar-refractivity contribution is -0.274. The molecule has 23 heavy (non-hydrogen) atoms. The molecule has 6 heteroatoms. The van der Waals surface area contributed by atoms with Crippen LogP contribution in [0.25, 0.3) is 0 Å². The minimum atomic E-state index is -4.75. The van der Waals surface area contributed by atoms with Crippen LogP contribution in [-0.4, -0.2) is 11.5 Å². The zero-order valence-corrected chi connectivity index (χ0v) is 13.8. The lowest BCUT2D eigenvalue weighted by Crippen LogP contribution is -2.18. The highest BCUT2D eigenvalue weighted by atomic mass is 79.9. The van der Waals surface area contributed by atoms with Gasteiger partial charge in [0, 0.05) is 0 Å². The fourth-order valence-electron chi connectivity index (χ4n) is 2.73. The molecule has 122 valence electrons. The molecule has 0 radical (unpaired) electrons. The molecule has 1 unspecified atom stereocenters. The molecule has 0 spiro atoms. The summed E-state index contributed by atoms with van der Waals surface area (Å²) < 4.78 is 41.2. The van der Waals surface area contributed by atoms with Gasteiger partial charge in [-0.05, 0) is 75.6 Å². The highest BCUT2D eigenvalue weighted by molar-refractivity contribution is 9.10. The van der Waals surface area contributed by atoms with Gasteiger partial charge in [-0.2, -0.15) is 0 Å². The predicted molar refractivity (Wildman–Crippen MR) is 83.5 cm³/mol. The van der Waals surface area contributed by atoms with Gasteiger partial charge in [0.15, 0.2) is 0 Å². The average molecular weight is 387 g/mol. The second kappa shape index (κ2) is 5.83. The predicted octanol–water partition coefficient (Wildman–Crippen LogP) is 4.84. The molecule has 1 aliphatic rings. The van der Waals surface area contributed by atoms with Crippen LogP contribution < -0.4 is 4.74 Å². The monoisotopic (exact) mass is 386 g/mol. The van der Waals surface area contributed by atoms with E-state index in [4.69, 9.17) is 0 Å². The Morgan fingerprint density at radius 3 is 2.39 bits per heavy atom. The zero-order chi connectivity index (χ0) is 16.8. The van der Waals surface area contributed by atoms with Crippen molar-refractivity contribution in [3.05, 3.63) is 62.6 Å². The van der Waals surface area contributed by atoms with Crippen molar-refractivity contribution in [2.24, 2.45) is 0 Å². The van der Waals surface area contributed by atoms with Gasteiger partial charge >= 0.3 is 6.36 Å². The quantitative estimate of drug-likeness (QED) is 0.817. The number of benzene rings is 2. The fraction of sp³-hybridized carbons (Fsp3) is 0.294. The number of fused-ring (bicyclic) bond motifs is 1. The third-order valence-corrected chi connectivity index (χ3v) is 4.67. The Hall–Kier alpha value is -1.53. The van der Waals surface area contributed by atoms with Gasteiger partial charge < -0.3 is 9.84 Å². The van der Waals surface area contributed by atoms with Gasteiger partial charge in [-0.25, -0.2) is 0 Å². The average Bonchev–Trinajstić information content (AvgIpc) is 2.41. The lowest BCUT2D eigenvalue weighted by Gasteiger charge is -2.22. The number of halogens is 4. The molecule has 0 fully saturated rings. The normalized spacial score (nSPS) is 14.9. The van der Waals surface area contributed by atoms with E-state index >= 15 is 0 Å². The Kier molecular flexibility index (Phi) is 4.14. The van der Waals surface area contributed by atoms with E-state index in [-0.39, 0.29) is 10.2 Å². The van der Waals surface area contributed by atoms with E-state index in [1.807, 2.05) is 18.2 Å². The van der Waals surface area contributed by atoms with Crippen LogP contribution in [0.15, 0.2) is 34.8 Å². The van der Waals surface area contributed by atoms with Gasteiger partial charge in [-0.1, -0.05) is 18.2 Å². The summed E-state index contributed by atoms with van der Waals surface area (Å²) >= 11 is 3.08. The van der Waals surface area contributed by atoms with Crippen molar-refractivity contribution in [3.8, 4) is 5.75 Å². The topological polar surface area (TPSA) is 29.5 Å². The van der Waals surface area contributed by atoms with Crippen LogP contribution in [-0.2, 0) is 12.8 Å². The number of alkyl halides is 3. The summed E-state index contributed by atoms with van der Waals surface area (Å²) in [6.45, 7) is 1.65. The lowest BCUT2D eigenvalue weighted by atomic mass is 9.85. The molecule has 0 saturated carbocycles. The zero-order valence-electron chi connectivity index (χ0n) is 12.2. The number of aliphatic hydroxyl groups is 1. The van der Waals surface area contributed by atoms with E-state index in [0.717, 1.165) is 18.4 Å². The van der Waals surface area contributed by atoms with Crippen LogP contribution in [0.5, 0.6) is 5.75 Å². The molecular weight excluding hydrogens is 373 g/mol. The molecule has 1 aliphatic carbocycles. The molecule has 2 aromatic carbocycles. The molecule has 2 nitrogen and oxygen atoms in total. The van der Waals surface area contributed by atoms with Gasteiger partial charge in [0.05, 0.1) is 4.47 Å². The summed E-state index contributed by atoms with van der Waals surface area (Å²) in [6, 6.07) is 8.55.